The molecule has 3 aromatic rings. The zero-order chi connectivity index (χ0) is 12.5. The maximum absolute atomic E-state index is 4.57. The van der Waals surface area contributed by atoms with Crippen molar-refractivity contribution >= 4 is 11.0 Å². The minimum Gasteiger partial charge on any atom is -0.310 e. The van der Waals surface area contributed by atoms with E-state index >= 15 is 0 Å². The number of rotatable bonds is 2. The van der Waals surface area contributed by atoms with Crippen molar-refractivity contribution < 1.29 is 0 Å². The van der Waals surface area contributed by atoms with Crippen LogP contribution in [0, 0.1) is 0 Å². The fraction of sp³-hybridized carbons (Fsp3) is 0.231. The Morgan fingerprint density at radius 3 is 2.67 bits per heavy atom. The summed E-state index contributed by atoms with van der Waals surface area (Å²) in [5.74, 6) is 0.753. The predicted octanol–water partition coefficient (Wildman–Crippen LogP) is 2.47. The molecule has 3 rings (SSSR count). The van der Waals surface area contributed by atoms with Crippen LogP contribution < -0.4 is 0 Å². The van der Waals surface area contributed by atoms with Gasteiger partial charge in [0.2, 0.25) is 0 Å². The third kappa shape index (κ3) is 1.73. The van der Waals surface area contributed by atoms with Gasteiger partial charge in [0, 0.05) is 6.04 Å². The summed E-state index contributed by atoms with van der Waals surface area (Å²) in [5.41, 5.74) is 2.50. The maximum atomic E-state index is 4.57. The van der Waals surface area contributed by atoms with Crippen molar-refractivity contribution in [2.75, 3.05) is 0 Å². The highest BCUT2D eigenvalue weighted by atomic mass is 15.3. The lowest BCUT2D eigenvalue weighted by Gasteiger charge is -2.09. The summed E-state index contributed by atoms with van der Waals surface area (Å²) < 4.78 is 1.98. The minimum atomic E-state index is 0.295. The number of fused-ring (bicyclic) bond motifs is 1. The molecule has 0 atom stereocenters. The van der Waals surface area contributed by atoms with Crippen LogP contribution in [0.25, 0.3) is 22.6 Å². The number of hydrogen-bond donors (Lipinski definition) is 0. The molecular weight excluding hydrogens is 226 g/mol. The quantitative estimate of drug-likeness (QED) is 0.689. The van der Waals surface area contributed by atoms with Gasteiger partial charge in [-0.2, -0.15) is 0 Å². The molecule has 2 aromatic heterocycles. The number of nitrogens with zero attached hydrogens (tertiary/aromatic N) is 5. The summed E-state index contributed by atoms with van der Waals surface area (Å²) in [4.78, 5) is 8.97. The first kappa shape index (κ1) is 10.8. The smallest absolute Gasteiger partial charge is 0.184 e. The SMILES string of the molecule is CC(C)n1cnnc1-c1cnc2ccccc2n1. The van der Waals surface area contributed by atoms with Crippen LogP contribution in [-0.2, 0) is 0 Å². The lowest BCUT2D eigenvalue weighted by molar-refractivity contribution is 0.603. The number of hydrogen-bond acceptors (Lipinski definition) is 4. The molecule has 0 fully saturated rings. The van der Waals surface area contributed by atoms with Crippen LogP contribution in [0.5, 0.6) is 0 Å². The maximum Gasteiger partial charge on any atom is 0.184 e. The largest absolute Gasteiger partial charge is 0.310 e. The van der Waals surface area contributed by atoms with Gasteiger partial charge in [0.05, 0.1) is 17.2 Å². The average molecular weight is 239 g/mol. The average Bonchev–Trinajstić information content (AvgIpc) is 2.87. The van der Waals surface area contributed by atoms with Gasteiger partial charge in [-0.25, -0.2) is 4.98 Å². The van der Waals surface area contributed by atoms with Gasteiger partial charge < -0.3 is 4.57 Å². The minimum absolute atomic E-state index is 0.295. The topological polar surface area (TPSA) is 56.5 Å². The van der Waals surface area contributed by atoms with E-state index in [0.717, 1.165) is 22.6 Å². The molecule has 0 aliphatic rings. The Bertz CT molecular complexity index is 686. The normalized spacial score (nSPS) is 11.3. The Morgan fingerprint density at radius 2 is 1.89 bits per heavy atom. The zero-order valence-electron chi connectivity index (χ0n) is 10.3. The van der Waals surface area contributed by atoms with Crippen molar-refractivity contribution in [3.63, 3.8) is 0 Å². The molecule has 5 nitrogen and oxygen atoms in total. The monoisotopic (exact) mass is 239 g/mol. The van der Waals surface area contributed by atoms with Crippen molar-refractivity contribution in [2.24, 2.45) is 0 Å². The van der Waals surface area contributed by atoms with Gasteiger partial charge in [0.25, 0.3) is 0 Å². The van der Waals surface area contributed by atoms with Crippen LogP contribution in [-0.4, -0.2) is 24.7 Å². The Balaban J connectivity index is 2.16. The molecule has 0 aliphatic carbocycles. The van der Waals surface area contributed by atoms with Crippen molar-refractivity contribution in [1.82, 2.24) is 24.7 Å². The Hall–Kier alpha value is -2.30. The number of benzene rings is 1. The third-order valence-corrected chi connectivity index (χ3v) is 2.81. The molecule has 0 bridgehead atoms. The Labute approximate surface area is 105 Å². The molecule has 0 unspecified atom stereocenters. The van der Waals surface area contributed by atoms with Gasteiger partial charge in [-0.15, -0.1) is 10.2 Å². The van der Waals surface area contributed by atoms with Crippen LogP contribution in [0.1, 0.15) is 19.9 Å². The molecule has 0 saturated heterocycles. The summed E-state index contributed by atoms with van der Waals surface area (Å²) in [6.45, 7) is 4.17. The van der Waals surface area contributed by atoms with Crippen LogP contribution >= 0.6 is 0 Å². The van der Waals surface area contributed by atoms with Gasteiger partial charge in [-0.1, -0.05) is 12.1 Å². The van der Waals surface area contributed by atoms with E-state index in [0.29, 0.717) is 6.04 Å². The number of para-hydroxylation sites is 2. The second-order valence-electron chi connectivity index (χ2n) is 4.40. The fourth-order valence-electron chi connectivity index (χ4n) is 1.87. The fourth-order valence-corrected chi connectivity index (χ4v) is 1.87. The van der Waals surface area contributed by atoms with E-state index < -0.39 is 0 Å². The highest BCUT2D eigenvalue weighted by Crippen LogP contribution is 2.19. The molecule has 0 amide bonds. The van der Waals surface area contributed by atoms with Crippen molar-refractivity contribution in [3.05, 3.63) is 36.8 Å². The van der Waals surface area contributed by atoms with Crippen LogP contribution in [0.15, 0.2) is 36.8 Å². The molecule has 5 heteroatoms. The van der Waals surface area contributed by atoms with Gasteiger partial charge in [-0.3, -0.25) is 4.98 Å². The van der Waals surface area contributed by atoms with Crippen molar-refractivity contribution in [1.29, 1.82) is 0 Å². The van der Waals surface area contributed by atoms with Crippen LogP contribution in [0.2, 0.25) is 0 Å². The van der Waals surface area contributed by atoms with E-state index in [1.807, 2.05) is 28.8 Å². The van der Waals surface area contributed by atoms with E-state index in [4.69, 9.17) is 0 Å². The summed E-state index contributed by atoms with van der Waals surface area (Å²) in [7, 11) is 0. The second kappa shape index (κ2) is 4.18. The molecule has 0 radical (unpaired) electrons. The molecule has 18 heavy (non-hydrogen) atoms. The first-order valence-corrected chi connectivity index (χ1v) is 5.87. The summed E-state index contributed by atoms with van der Waals surface area (Å²) in [5, 5.41) is 8.07. The van der Waals surface area contributed by atoms with Gasteiger partial charge in [0.15, 0.2) is 5.82 Å². The first-order chi connectivity index (χ1) is 8.75. The molecule has 0 saturated carbocycles. The van der Waals surface area contributed by atoms with Crippen LogP contribution in [0.3, 0.4) is 0 Å². The Morgan fingerprint density at radius 1 is 1.11 bits per heavy atom. The lowest BCUT2D eigenvalue weighted by Crippen LogP contribution is -2.03. The molecule has 0 aliphatic heterocycles. The van der Waals surface area contributed by atoms with Gasteiger partial charge in [0.1, 0.15) is 12.0 Å². The summed E-state index contributed by atoms with van der Waals surface area (Å²) in [6, 6.07) is 8.09. The highest BCUT2D eigenvalue weighted by Gasteiger charge is 2.11. The van der Waals surface area contributed by atoms with Gasteiger partial charge >= 0.3 is 0 Å². The number of aromatic nitrogens is 5. The van der Waals surface area contributed by atoms with E-state index in [-0.39, 0.29) is 0 Å². The van der Waals surface area contributed by atoms with Gasteiger partial charge in [-0.05, 0) is 26.0 Å². The first-order valence-electron chi connectivity index (χ1n) is 5.87. The van der Waals surface area contributed by atoms with Crippen molar-refractivity contribution in [3.8, 4) is 11.5 Å². The van der Waals surface area contributed by atoms with E-state index in [2.05, 4.69) is 34.0 Å². The third-order valence-electron chi connectivity index (χ3n) is 2.81. The zero-order valence-corrected chi connectivity index (χ0v) is 10.3. The molecule has 2 heterocycles. The molecule has 0 spiro atoms. The second-order valence-corrected chi connectivity index (χ2v) is 4.40. The molecular formula is C13H13N5. The highest BCUT2D eigenvalue weighted by molar-refractivity contribution is 5.75. The summed E-state index contributed by atoms with van der Waals surface area (Å²) >= 11 is 0. The van der Waals surface area contributed by atoms with Crippen LogP contribution in [0.4, 0.5) is 0 Å². The van der Waals surface area contributed by atoms with Crippen molar-refractivity contribution in [2.45, 2.75) is 19.9 Å². The standard InChI is InChI=1S/C13H13N5/c1-9(2)18-8-15-17-13(18)12-7-14-10-5-3-4-6-11(10)16-12/h3-9H,1-2H3. The Kier molecular flexibility index (Phi) is 2.51. The lowest BCUT2D eigenvalue weighted by atomic mass is 10.3. The summed E-state index contributed by atoms with van der Waals surface area (Å²) in [6.07, 6.45) is 3.46. The molecule has 0 N–H and O–H groups in total. The molecule has 90 valence electrons. The molecule has 1 aromatic carbocycles. The van der Waals surface area contributed by atoms with E-state index in [1.54, 1.807) is 12.5 Å². The van der Waals surface area contributed by atoms with E-state index in [9.17, 15) is 0 Å². The van der Waals surface area contributed by atoms with E-state index in [1.165, 1.54) is 0 Å². The predicted molar refractivity (Wildman–Crippen MR) is 68.9 cm³/mol.